The summed E-state index contributed by atoms with van der Waals surface area (Å²) in [6, 6.07) is 4.50. The van der Waals surface area contributed by atoms with Crippen molar-refractivity contribution >= 4 is 17.6 Å². The minimum Gasteiger partial charge on any atom is -0.497 e. The van der Waals surface area contributed by atoms with Crippen molar-refractivity contribution in [1.29, 1.82) is 0 Å². The molecule has 0 saturated heterocycles. The number of anilines is 1. The van der Waals surface area contributed by atoms with E-state index in [0.717, 1.165) is 6.54 Å². The highest BCUT2D eigenvalue weighted by molar-refractivity contribution is 6.00. The predicted octanol–water partition coefficient (Wildman–Crippen LogP) is 1.33. The van der Waals surface area contributed by atoms with E-state index < -0.39 is 5.97 Å². The number of carboxylic acids is 1. The molecule has 19 heavy (non-hydrogen) atoms. The largest absolute Gasteiger partial charge is 0.497 e. The Kier molecular flexibility index (Phi) is 5.81. The minimum atomic E-state index is -1.11. The Morgan fingerprint density at radius 2 is 2.11 bits per heavy atom. The molecule has 0 aliphatic rings. The number of benzene rings is 1. The average molecular weight is 266 g/mol. The molecular formula is C13H18N2O4. The maximum Gasteiger partial charge on any atom is 0.337 e. The summed E-state index contributed by atoms with van der Waals surface area (Å²) in [5.41, 5.74) is 0.283. The van der Waals surface area contributed by atoms with Crippen LogP contribution in [-0.4, -0.2) is 37.2 Å². The molecule has 104 valence electrons. The van der Waals surface area contributed by atoms with Gasteiger partial charge in [0.1, 0.15) is 5.75 Å². The van der Waals surface area contributed by atoms with E-state index in [1.165, 1.54) is 19.2 Å². The molecule has 0 spiro atoms. The molecule has 0 bridgehead atoms. The van der Waals surface area contributed by atoms with Crippen LogP contribution in [-0.2, 0) is 4.79 Å². The second-order valence-corrected chi connectivity index (χ2v) is 3.87. The van der Waals surface area contributed by atoms with Crippen molar-refractivity contribution < 1.29 is 19.4 Å². The number of nitrogens with one attached hydrogen (secondary N) is 2. The lowest BCUT2D eigenvalue weighted by atomic mass is 10.1. The third-order valence-corrected chi connectivity index (χ3v) is 2.51. The summed E-state index contributed by atoms with van der Waals surface area (Å²) in [5.74, 6) is -0.905. The lowest BCUT2D eigenvalue weighted by molar-refractivity contribution is -0.116. The van der Waals surface area contributed by atoms with E-state index in [-0.39, 0.29) is 17.2 Å². The Balaban J connectivity index is 2.77. The molecule has 1 rings (SSSR count). The van der Waals surface area contributed by atoms with Crippen molar-refractivity contribution in [2.45, 2.75) is 13.3 Å². The van der Waals surface area contributed by atoms with Gasteiger partial charge in [0.25, 0.3) is 0 Å². The van der Waals surface area contributed by atoms with Crippen LogP contribution in [0.4, 0.5) is 5.69 Å². The fourth-order valence-corrected chi connectivity index (χ4v) is 1.53. The van der Waals surface area contributed by atoms with Crippen molar-refractivity contribution in [3.8, 4) is 5.75 Å². The molecule has 6 heteroatoms. The van der Waals surface area contributed by atoms with Crippen molar-refractivity contribution in [3.63, 3.8) is 0 Å². The Morgan fingerprint density at radius 3 is 2.68 bits per heavy atom. The maximum atomic E-state index is 11.6. The van der Waals surface area contributed by atoms with Crippen molar-refractivity contribution in [2.75, 3.05) is 25.5 Å². The van der Waals surface area contributed by atoms with Gasteiger partial charge in [0.15, 0.2) is 0 Å². The molecule has 0 aromatic heterocycles. The topological polar surface area (TPSA) is 87.7 Å². The molecule has 0 radical (unpaired) electrons. The quantitative estimate of drug-likeness (QED) is 0.648. The molecule has 1 amide bonds. The standard InChI is InChI=1S/C13H18N2O4/c1-3-14-7-6-12(16)15-11-5-4-9(19-2)8-10(11)13(17)18/h4-5,8,14H,3,6-7H2,1-2H3,(H,15,16)(H,17,18). The van der Waals surface area contributed by atoms with Gasteiger partial charge in [-0.3, -0.25) is 4.79 Å². The van der Waals surface area contributed by atoms with E-state index in [4.69, 9.17) is 9.84 Å². The molecule has 0 fully saturated rings. The zero-order valence-corrected chi connectivity index (χ0v) is 11.0. The van der Waals surface area contributed by atoms with Gasteiger partial charge >= 0.3 is 5.97 Å². The lowest BCUT2D eigenvalue weighted by Gasteiger charge is -2.10. The normalized spacial score (nSPS) is 10.0. The summed E-state index contributed by atoms with van der Waals surface area (Å²) >= 11 is 0. The number of amides is 1. The fourth-order valence-electron chi connectivity index (χ4n) is 1.53. The number of carboxylic acid groups (broad SMARTS) is 1. The second-order valence-electron chi connectivity index (χ2n) is 3.87. The number of methoxy groups -OCH3 is 1. The first-order valence-corrected chi connectivity index (χ1v) is 6.00. The lowest BCUT2D eigenvalue weighted by Crippen LogP contribution is -2.22. The summed E-state index contributed by atoms with van der Waals surface area (Å²) in [4.78, 5) is 22.8. The minimum absolute atomic E-state index is 0.0103. The van der Waals surface area contributed by atoms with E-state index in [1.54, 1.807) is 6.07 Å². The Labute approximate surface area is 111 Å². The summed E-state index contributed by atoms with van der Waals surface area (Å²) in [6.45, 7) is 3.29. The van der Waals surface area contributed by atoms with Crippen LogP contribution >= 0.6 is 0 Å². The zero-order chi connectivity index (χ0) is 14.3. The van der Waals surface area contributed by atoms with Crippen molar-refractivity contribution in [2.24, 2.45) is 0 Å². The molecule has 0 aliphatic carbocycles. The summed E-state index contributed by atoms with van der Waals surface area (Å²) in [6.07, 6.45) is 0.291. The molecule has 3 N–H and O–H groups in total. The van der Waals surface area contributed by atoms with E-state index >= 15 is 0 Å². The molecule has 0 atom stereocenters. The summed E-state index contributed by atoms with van der Waals surface area (Å²) in [7, 11) is 1.45. The molecule has 0 unspecified atom stereocenters. The molecule has 0 saturated carbocycles. The van der Waals surface area contributed by atoms with Gasteiger partial charge in [-0.05, 0) is 24.7 Å². The van der Waals surface area contributed by atoms with Crippen LogP contribution in [0.2, 0.25) is 0 Å². The van der Waals surface area contributed by atoms with Crippen molar-refractivity contribution in [1.82, 2.24) is 5.32 Å². The van der Waals surface area contributed by atoms with Crippen LogP contribution in [0.1, 0.15) is 23.7 Å². The first-order valence-electron chi connectivity index (χ1n) is 6.00. The SMILES string of the molecule is CCNCCC(=O)Nc1ccc(OC)cc1C(=O)O. The van der Waals surface area contributed by atoms with Crippen molar-refractivity contribution in [3.05, 3.63) is 23.8 Å². The number of aromatic carboxylic acids is 1. The average Bonchev–Trinajstić information content (AvgIpc) is 2.39. The first-order chi connectivity index (χ1) is 9.08. The number of carbonyl (C=O) groups excluding carboxylic acids is 1. The fraction of sp³-hybridized carbons (Fsp3) is 0.385. The van der Waals surface area contributed by atoms with Crippen LogP contribution < -0.4 is 15.4 Å². The number of hydrogen-bond donors (Lipinski definition) is 3. The van der Waals surface area contributed by atoms with Gasteiger partial charge in [0.2, 0.25) is 5.91 Å². The highest BCUT2D eigenvalue weighted by Crippen LogP contribution is 2.22. The van der Waals surface area contributed by atoms with Gasteiger partial charge in [-0.2, -0.15) is 0 Å². The van der Waals surface area contributed by atoms with Gasteiger partial charge in [-0.1, -0.05) is 6.92 Å². The van der Waals surface area contributed by atoms with Crippen LogP contribution in [0.3, 0.4) is 0 Å². The van der Waals surface area contributed by atoms with Gasteiger partial charge < -0.3 is 20.5 Å². The van der Waals surface area contributed by atoms with Crippen LogP contribution in [0.25, 0.3) is 0 Å². The van der Waals surface area contributed by atoms with Gasteiger partial charge in [0.05, 0.1) is 18.4 Å². The predicted molar refractivity (Wildman–Crippen MR) is 71.7 cm³/mol. The molecule has 0 heterocycles. The van der Waals surface area contributed by atoms with Crippen LogP contribution in [0, 0.1) is 0 Å². The highest BCUT2D eigenvalue weighted by atomic mass is 16.5. The van der Waals surface area contributed by atoms with Gasteiger partial charge in [-0.15, -0.1) is 0 Å². The molecule has 0 aliphatic heterocycles. The first kappa shape index (κ1) is 15.0. The Morgan fingerprint density at radius 1 is 1.37 bits per heavy atom. The maximum absolute atomic E-state index is 11.6. The monoisotopic (exact) mass is 266 g/mol. The molecule has 1 aromatic carbocycles. The number of rotatable bonds is 7. The molecule has 1 aromatic rings. The zero-order valence-electron chi connectivity index (χ0n) is 11.0. The molecular weight excluding hydrogens is 248 g/mol. The number of hydrogen-bond acceptors (Lipinski definition) is 4. The summed E-state index contributed by atoms with van der Waals surface area (Å²) in [5, 5.41) is 14.7. The van der Waals surface area contributed by atoms with Crippen LogP contribution in [0.5, 0.6) is 5.75 Å². The Bertz CT molecular complexity index is 460. The van der Waals surface area contributed by atoms with E-state index in [9.17, 15) is 9.59 Å². The van der Waals surface area contributed by atoms with E-state index in [2.05, 4.69) is 10.6 Å². The van der Waals surface area contributed by atoms with E-state index in [0.29, 0.717) is 18.7 Å². The third kappa shape index (κ3) is 4.59. The number of carbonyl (C=O) groups is 2. The van der Waals surface area contributed by atoms with Gasteiger partial charge in [0, 0.05) is 13.0 Å². The number of ether oxygens (including phenoxy) is 1. The highest BCUT2D eigenvalue weighted by Gasteiger charge is 2.13. The smallest absolute Gasteiger partial charge is 0.337 e. The summed E-state index contributed by atoms with van der Waals surface area (Å²) < 4.78 is 4.96. The van der Waals surface area contributed by atoms with E-state index in [1.807, 2.05) is 6.92 Å². The Hall–Kier alpha value is -2.08. The second kappa shape index (κ2) is 7.38. The van der Waals surface area contributed by atoms with Gasteiger partial charge in [-0.25, -0.2) is 4.79 Å². The molecule has 6 nitrogen and oxygen atoms in total. The van der Waals surface area contributed by atoms with Crippen LogP contribution in [0.15, 0.2) is 18.2 Å². The third-order valence-electron chi connectivity index (χ3n) is 2.51.